The highest BCUT2D eigenvalue weighted by Gasteiger charge is 2.08. The minimum absolute atomic E-state index is 0.0721. The molecule has 72 valence electrons. The monoisotopic (exact) mass is 185 g/mol. The van der Waals surface area contributed by atoms with Gasteiger partial charge in [-0.25, -0.2) is 4.39 Å². The molecule has 1 aromatic rings. The first kappa shape index (κ1) is 9.77. The summed E-state index contributed by atoms with van der Waals surface area (Å²) in [5, 5.41) is 0. The third kappa shape index (κ3) is 1.88. The zero-order valence-corrected chi connectivity index (χ0v) is 7.87. The summed E-state index contributed by atoms with van der Waals surface area (Å²) in [6, 6.07) is 1.01. The number of aromatic nitrogens is 1. The molecule has 0 bridgehead atoms. The molecule has 0 radical (unpaired) electrons. The summed E-state index contributed by atoms with van der Waals surface area (Å²) in [5.74, 6) is -0.432. The van der Waals surface area contributed by atoms with Crippen molar-refractivity contribution >= 4 is 0 Å². The molecule has 0 N–H and O–H groups in total. The van der Waals surface area contributed by atoms with E-state index in [0.29, 0.717) is 5.75 Å². The summed E-state index contributed by atoms with van der Waals surface area (Å²) in [6.07, 6.45) is 1.50. The maximum Gasteiger partial charge on any atom is 0.287 e. The van der Waals surface area contributed by atoms with Crippen molar-refractivity contribution in [2.45, 2.75) is 19.9 Å². The van der Waals surface area contributed by atoms with E-state index in [4.69, 9.17) is 4.74 Å². The average Bonchev–Trinajstić information content (AvgIpc) is 2.09. The first-order chi connectivity index (χ1) is 6.06. The van der Waals surface area contributed by atoms with Crippen molar-refractivity contribution in [3.63, 3.8) is 0 Å². The van der Waals surface area contributed by atoms with Crippen LogP contribution in [0.5, 0.6) is 5.75 Å². The third-order valence-corrected chi connectivity index (χ3v) is 1.77. The van der Waals surface area contributed by atoms with Gasteiger partial charge in [0.1, 0.15) is 5.75 Å². The molecule has 4 heteroatoms. The van der Waals surface area contributed by atoms with E-state index >= 15 is 0 Å². The van der Waals surface area contributed by atoms with Gasteiger partial charge in [0, 0.05) is 18.3 Å². The molecule has 0 spiro atoms. The Kier molecular flexibility index (Phi) is 2.70. The lowest BCUT2D eigenvalue weighted by molar-refractivity contribution is 0.397. The summed E-state index contributed by atoms with van der Waals surface area (Å²) in [7, 11) is 1.43. The smallest absolute Gasteiger partial charge is 0.287 e. The summed E-state index contributed by atoms with van der Waals surface area (Å²) in [4.78, 5) is 11.2. The van der Waals surface area contributed by atoms with E-state index in [9.17, 15) is 9.18 Å². The number of hydrogen-bond donors (Lipinski definition) is 0. The van der Waals surface area contributed by atoms with Crippen LogP contribution in [0.1, 0.15) is 19.9 Å². The highest BCUT2D eigenvalue weighted by molar-refractivity contribution is 5.18. The molecule has 1 aromatic heterocycles. The molecule has 0 unspecified atom stereocenters. The standard InChI is InChI=1S/C9H12FNO2/c1-6(2)11-5-7(13-3)4-8(10)9(11)12/h4-6H,1-3H3. The summed E-state index contributed by atoms with van der Waals surface area (Å²) >= 11 is 0. The van der Waals surface area contributed by atoms with E-state index in [2.05, 4.69) is 0 Å². The van der Waals surface area contributed by atoms with Gasteiger partial charge >= 0.3 is 0 Å². The number of pyridine rings is 1. The van der Waals surface area contributed by atoms with Gasteiger partial charge in [-0.15, -0.1) is 0 Å². The second-order valence-electron chi connectivity index (χ2n) is 3.03. The van der Waals surface area contributed by atoms with Crippen molar-refractivity contribution < 1.29 is 9.13 Å². The third-order valence-electron chi connectivity index (χ3n) is 1.77. The van der Waals surface area contributed by atoms with Crippen molar-refractivity contribution in [3.8, 4) is 5.75 Å². The van der Waals surface area contributed by atoms with E-state index in [1.54, 1.807) is 13.8 Å². The molecule has 0 saturated carbocycles. The number of ether oxygens (including phenoxy) is 1. The lowest BCUT2D eigenvalue weighted by Gasteiger charge is -2.11. The summed E-state index contributed by atoms with van der Waals surface area (Å²) < 4.78 is 19.1. The molecule has 3 nitrogen and oxygen atoms in total. The molecule has 0 saturated heterocycles. The molecule has 0 aliphatic heterocycles. The van der Waals surface area contributed by atoms with Crippen LogP contribution in [0.15, 0.2) is 17.1 Å². The molecule has 0 atom stereocenters. The number of nitrogens with zero attached hydrogens (tertiary/aromatic N) is 1. The fourth-order valence-electron chi connectivity index (χ4n) is 1.04. The Labute approximate surface area is 75.8 Å². The Balaban J connectivity index is 3.33. The van der Waals surface area contributed by atoms with E-state index in [-0.39, 0.29) is 6.04 Å². The fraction of sp³-hybridized carbons (Fsp3) is 0.444. The summed E-state index contributed by atoms with van der Waals surface area (Å²) in [5.41, 5.74) is -0.615. The zero-order chi connectivity index (χ0) is 10.0. The van der Waals surface area contributed by atoms with Crippen LogP contribution in [0, 0.1) is 5.82 Å². The van der Waals surface area contributed by atoms with Gasteiger partial charge in [-0.3, -0.25) is 4.79 Å². The van der Waals surface area contributed by atoms with Gasteiger partial charge in [0.25, 0.3) is 5.56 Å². The van der Waals surface area contributed by atoms with Gasteiger partial charge in [0.05, 0.1) is 7.11 Å². The van der Waals surface area contributed by atoms with Gasteiger partial charge < -0.3 is 9.30 Å². The second kappa shape index (κ2) is 3.60. The Morgan fingerprint density at radius 1 is 1.54 bits per heavy atom. The Bertz CT molecular complexity index is 357. The Morgan fingerprint density at radius 3 is 2.62 bits per heavy atom. The Hall–Kier alpha value is -1.32. The van der Waals surface area contributed by atoms with Crippen LogP contribution in [-0.2, 0) is 0 Å². The lowest BCUT2D eigenvalue weighted by atomic mass is 10.3. The fourth-order valence-corrected chi connectivity index (χ4v) is 1.04. The van der Waals surface area contributed by atoms with Crippen LogP contribution >= 0.6 is 0 Å². The van der Waals surface area contributed by atoms with Crippen LogP contribution in [-0.4, -0.2) is 11.7 Å². The molecule has 0 amide bonds. The SMILES string of the molecule is COc1cc(F)c(=O)n(C(C)C)c1. The predicted molar refractivity (Wildman–Crippen MR) is 47.6 cm³/mol. The molecule has 0 aromatic carbocycles. The molecular weight excluding hydrogens is 173 g/mol. The first-order valence-electron chi connectivity index (χ1n) is 4.02. The molecule has 13 heavy (non-hydrogen) atoms. The first-order valence-corrected chi connectivity index (χ1v) is 4.02. The normalized spacial score (nSPS) is 10.5. The Morgan fingerprint density at radius 2 is 2.15 bits per heavy atom. The van der Waals surface area contributed by atoms with Gasteiger partial charge in [0.2, 0.25) is 0 Å². The van der Waals surface area contributed by atoms with Crippen LogP contribution in [0.2, 0.25) is 0 Å². The van der Waals surface area contributed by atoms with Gasteiger partial charge in [-0.1, -0.05) is 0 Å². The predicted octanol–water partition coefficient (Wildman–Crippen LogP) is 1.58. The quantitative estimate of drug-likeness (QED) is 0.700. The molecule has 0 fully saturated rings. The van der Waals surface area contributed by atoms with Crippen molar-refractivity contribution in [1.29, 1.82) is 0 Å². The number of rotatable bonds is 2. The van der Waals surface area contributed by atoms with Crippen LogP contribution in [0.25, 0.3) is 0 Å². The van der Waals surface area contributed by atoms with Gasteiger partial charge in [-0.05, 0) is 13.8 Å². The summed E-state index contributed by atoms with van der Waals surface area (Å²) in [6.45, 7) is 3.61. The second-order valence-corrected chi connectivity index (χ2v) is 3.03. The minimum Gasteiger partial charge on any atom is -0.495 e. The number of hydrogen-bond acceptors (Lipinski definition) is 2. The maximum absolute atomic E-state index is 13.0. The number of halogens is 1. The minimum atomic E-state index is -0.784. The van der Waals surface area contributed by atoms with Crippen LogP contribution < -0.4 is 10.3 Å². The molecule has 1 rings (SSSR count). The van der Waals surface area contributed by atoms with E-state index < -0.39 is 11.4 Å². The van der Waals surface area contributed by atoms with E-state index in [0.717, 1.165) is 6.07 Å². The van der Waals surface area contributed by atoms with Crippen molar-refractivity contribution in [2.24, 2.45) is 0 Å². The maximum atomic E-state index is 13.0. The van der Waals surface area contributed by atoms with Crippen LogP contribution in [0.3, 0.4) is 0 Å². The average molecular weight is 185 g/mol. The highest BCUT2D eigenvalue weighted by Crippen LogP contribution is 2.11. The molecule has 1 heterocycles. The highest BCUT2D eigenvalue weighted by atomic mass is 19.1. The van der Waals surface area contributed by atoms with Crippen molar-refractivity contribution in [2.75, 3.05) is 7.11 Å². The van der Waals surface area contributed by atoms with Gasteiger partial charge in [-0.2, -0.15) is 0 Å². The van der Waals surface area contributed by atoms with Crippen molar-refractivity contribution in [3.05, 3.63) is 28.4 Å². The van der Waals surface area contributed by atoms with Crippen LogP contribution in [0.4, 0.5) is 4.39 Å². The van der Waals surface area contributed by atoms with Crippen molar-refractivity contribution in [1.82, 2.24) is 4.57 Å². The lowest BCUT2D eigenvalue weighted by Crippen LogP contribution is -2.24. The molecule has 0 aliphatic rings. The largest absolute Gasteiger partial charge is 0.495 e. The van der Waals surface area contributed by atoms with E-state index in [1.807, 2.05) is 0 Å². The number of methoxy groups -OCH3 is 1. The zero-order valence-electron chi connectivity index (χ0n) is 7.87. The molecular formula is C9H12FNO2. The van der Waals surface area contributed by atoms with Gasteiger partial charge in [0.15, 0.2) is 5.82 Å². The molecule has 0 aliphatic carbocycles. The van der Waals surface area contributed by atoms with E-state index in [1.165, 1.54) is 17.9 Å². The topological polar surface area (TPSA) is 31.2 Å².